The summed E-state index contributed by atoms with van der Waals surface area (Å²) in [5.41, 5.74) is 2.15. The summed E-state index contributed by atoms with van der Waals surface area (Å²) in [7, 11) is -5.62. The molecule has 0 heterocycles. The van der Waals surface area contributed by atoms with Crippen molar-refractivity contribution in [2.45, 2.75) is 23.6 Å². The molecule has 8 heteroatoms. The summed E-state index contributed by atoms with van der Waals surface area (Å²) < 4.78 is 54.9. The van der Waals surface area contributed by atoms with Crippen molar-refractivity contribution in [3.8, 4) is 5.75 Å². The smallest absolute Gasteiger partial charge is 0.242 e. The molecule has 0 aromatic heterocycles. The molecule has 0 spiro atoms. The van der Waals surface area contributed by atoms with E-state index in [0.29, 0.717) is 5.75 Å². The highest BCUT2D eigenvalue weighted by Crippen LogP contribution is 2.19. The molecular weight excluding hydrogens is 374 g/mol. The van der Waals surface area contributed by atoms with Gasteiger partial charge in [-0.05, 0) is 61.4 Å². The van der Waals surface area contributed by atoms with Crippen LogP contribution in [0.15, 0.2) is 52.3 Å². The number of benzene rings is 2. The Balaban J connectivity index is 2.04. The standard InChI is InChI=1S/C18H23NO5S2/c1-14-11-15(2)13-16(12-14)24-10-9-19(3)26(22,23)18-7-5-17(6-8-18)25(4,20)21/h5-8,11-13H,9-10H2,1-4H3. The molecule has 0 unspecified atom stereocenters. The molecule has 6 nitrogen and oxygen atoms in total. The number of sulfonamides is 1. The van der Waals surface area contributed by atoms with Crippen molar-refractivity contribution in [2.75, 3.05) is 26.5 Å². The van der Waals surface area contributed by atoms with Crippen molar-refractivity contribution >= 4 is 19.9 Å². The molecule has 2 aromatic rings. The van der Waals surface area contributed by atoms with Crippen LogP contribution in [-0.2, 0) is 19.9 Å². The highest BCUT2D eigenvalue weighted by atomic mass is 32.2. The second kappa shape index (κ2) is 7.77. The Morgan fingerprint density at radius 1 is 0.885 bits per heavy atom. The molecule has 142 valence electrons. The minimum absolute atomic E-state index is 0.0406. The lowest BCUT2D eigenvalue weighted by atomic mass is 10.1. The molecule has 0 aliphatic rings. The monoisotopic (exact) mass is 397 g/mol. The normalized spacial score (nSPS) is 12.3. The molecule has 0 saturated carbocycles. The number of hydrogen-bond acceptors (Lipinski definition) is 5. The van der Waals surface area contributed by atoms with Gasteiger partial charge in [0.25, 0.3) is 0 Å². The molecule has 0 atom stereocenters. The molecule has 2 aromatic carbocycles. The molecule has 0 aliphatic carbocycles. The minimum Gasteiger partial charge on any atom is -0.492 e. The molecule has 0 fully saturated rings. The lowest BCUT2D eigenvalue weighted by Crippen LogP contribution is -2.31. The van der Waals surface area contributed by atoms with E-state index in [1.807, 2.05) is 32.0 Å². The largest absolute Gasteiger partial charge is 0.492 e. The van der Waals surface area contributed by atoms with Crippen LogP contribution in [0.5, 0.6) is 5.75 Å². The molecule has 0 amide bonds. The van der Waals surface area contributed by atoms with Crippen LogP contribution in [0.25, 0.3) is 0 Å². The fraction of sp³-hybridized carbons (Fsp3) is 0.333. The maximum absolute atomic E-state index is 12.6. The van der Waals surface area contributed by atoms with E-state index in [4.69, 9.17) is 4.74 Å². The van der Waals surface area contributed by atoms with Crippen LogP contribution >= 0.6 is 0 Å². The first-order valence-corrected chi connectivity index (χ1v) is 11.3. The number of hydrogen-bond donors (Lipinski definition) is 0. The Labute approximate surface area is 155 Å². The van der Waals surface area contributed by atoms with Crippen molar-refractivity contribution in [3.63, 3.8) is 0 Å². The van der Waals surface area contributed by atoms with Gasteiger partial charge in [0.15, 0.2) is 9.84 Å². The van der Waals surface area contributed by atoms with E-state index in [1.165, 1.54) is 35.6 Å². The second-order valence-corrected chi connectivity index (χ2v) is 10.3. The highest BCUT2D eigenvalue weighted by molar-refractivity contribution is 7.90. The van der Waals surface area contributed by atoms with Crippen molar-refractivity contribution in [1.82, 2.24) is 4.31 Å². The van der Waals surface area contributed by atoms with Crippen molar-refractivity contribution in [1.29, 1.82) is 0 Å². The van der Waals surface area contributed by atoms with Gasteiger partial charge in [0.1, 0.15) is 12.4 Å². The Morgan fingerprint density at radius 2 is 1.38 bits per heavy atom. The zero-order valence-electron chi connectivity index (χ0n) is 15.3. The van der Waals surface area contributed by atoms with Gasteiger partial charge in [0.05, 0.1) is 9.79 Å². The Bertz CT molecular complexity index is 960. The van der Waals surface area contributed by atoms with E-state index >= 15 is 0 Å². The first-order valence-electron chi connectivity index (χ1n) is 7.98. The Hall–Kier alpha value is -1.90. The fourth-order valence-corrected chi connectivity index (χ4v) is 4.25. The van der Waals surface area contributed by atoms with Crippen LogP contribution in [0, 0.1) is 13.8 Å². The summed E-state index contributed by atoms with van der Waals surface area (Å²) in [5.74, 6) is 0.700. The van der Waals surface area contributed by atoms with Gasteiger partial charge in [-0.1, -0.05) is 6.07 Å². The van der Waals surface area contributed by atoms with E-state index in [2.05, 4.69) is 0 Å². The topological polar surface area (TPSA) is 80.8 Å². The van der Waals surface area contributed by atoms with Gasteiger partial charge in [-0.25, -0.2) is 16.8 Å². The van der Waals surface area contributed by atoms with Gasteiger partial charge in [0.2, 0.25) is 10.0 Å². The van der Waals surface area contributed by atoms with Crippen molar-refractivity contribution in [2.24, 2.45) is 0 Å². The summed E-state index contributed by atoms with van der Waals surface area (Å²) in [6.45, 7) is 4.32. The predicted octanol–water partition coefficient (Wildman–Crippen LogP) is 2.41. The number of aryl methyl sites for hydroxylation is 2. The zero-order chi connectivity index (χ0) is 19.5. The molecule has 0 radical (unpaired) electrons. The first-order chi connectivity index (χ1) is 12.0. The van der Waals surface area contributed by atoms with Gasteiger partial charge in [-0.2, -0.15) is 4.31 Å². The highest BCUT2D eigenvalue weighted by Gasteiger charge is 2.21. The average Bonchev–Trinajstić information content (AvgIpc) is 2.53. The SMILES string of the molecule is Cc1cc(C)cc(OCCN(C)S(=O)(=O)c2ccc(S(C)(=O)=O)cc2)c1. The molecule has 0 N–H and O–H groups in total. The third-order valence-corrected chi connectivity index (χ3v) is 6.83. The molecule has 0 aliphatic heterocycles. The fourth-order valence-electron chi connectivity index (χ4n) is 2.47. The van der Waals surface area contributed by atoms with E-state index in [9.17, 15) is 16.8 Å². The first kappa shape index (κ1) is 20.4. The van der Waals surface area contributed by atoms with Crippen LogP contribution in [0.3, 0.4) is 0 Å². The van der Waals surface area contributed by atoms with Crippen LogP contribution in [0.1, 0.15) is 11.1 Å². The summed E-state index contributed by atoms with van der Waals surface area (Å²) >= 11 is 0. The summed E-state index contributed by atoms with van der Waals surface area (Å²) in [5, 5.41) is 0. The third kappa shape index (κ3) is 5.06. The number of ether oxygens (including phenoxy) is 1. The maximum atomic E-state index is 12.6. The van der Waals surface area contributed by atoms with Crippen LogP contribution < -0.4 is 4.74 Å². The van der Waals surface area contributed by atoms with Gasteiger partial charge in [-0.3, -0.25) is 0 Å². The predicted molar refractivity (Wildman–Crippen MR) is 101 cm³/mol. The summed E-state index contributed by atoms with van der Waals surface area (Å²) in [6, 6.07) is 11.0. The van der Waals surface area contributed by atoms with Crippen molar-refractivity contribution in [3.05, 3.63) is 53.6 Å². The number of rotatable bonds is 7. The number of sulfone groups is 1. The van der Waals surface area contributed by atoms with Crippen molar-refractivity contribution < 1.29 is 21.6 Å². The lowest BCUT2D eigenvalue weighted by molar-refractivity contribution is 0.286. The van der Waals surface area contributed by atoms with Gasteiger partial charge < -0.3 is 4.74 Å². The van der Waals surface area contributed by atoms with Crippen LogP contribution in [-0.4, -0.2) is 47.6 Å². The van der Waals surface area contributed by atoms with E-state index in [1.54, 1.807) is 0 Å². The van der Waals surface area contributed by atoms with E-state index in [0.717, 1.165) is 17.4 Å². The minimum atomic E-state index is -3.71. The maximum Gasteiger partial charge on any atom is 0.242 e. The van der Waals surface area contributed by atoms with Gasteiger partial charge in [0, 0.05) is 19.8 Å². The quantitative estimate of drug-likeness (QED) is 0.717. The number of likely N-dealkylation sites (N-methyl/N-ethyl adjacent to an activating group) is 1. The molecule has 0 saturated heterocycles. The third-order valence-electron chi connectivity index (χ3n) is 3.83. The van der Waals surface area contributed by atoms with Gasteiger partial charge in [-0.15, -0.1) is 0 Å². The molecule has 26 heavy (non-hydrogen) atoms. The number of nitrogens with zero attached hydrogens (tertiary/aromatic N) is 1. The summed E-state index contributed by atoms with van der Waals surface area (Å²) in [6.07, 6.45) is 1.08. The lowest BCUT2D eigenvalue weighted by Gasteiger charge is -2.18. The van der Waals surface area contributed by atoms with Crippen LogP contribution in [0.2, 0.25) is 0 Å². The average molecular weight is 398 g/mol. The van der Waals surface area contributed by atoms with E-state index < -0.39 is 19.9 Å². The van der Waals surface area contributed by atoms with Gasteiger partial charge >= 0.3 is 0 Å². The van der Waals surface area contributed by atoms with Crippen LogP contribution in [0.4, 0.5) is 0 Å². The molecule has 2 rings (SSSR count). The summed E-state index contributed by atoms with van der Waals surface area (Å²) in [4.78, 5) is 0.121. The zero-order valence-corrected chi connectivity index (χ0v) is 16.9. The Kier molecular flexibility index (Phi) is 6.10. The Morgan fingerprint density at radius 3 is 1.88 bits per heavy atom. The molecular formula is C18H23NO5S2. The second-order valence-electron chi connectivity index (χ2n) is 6.24. The van der Waals surface area contributed by atoms with E-state index in [-0.39, 0.29) is 22.9 Å². The molecule has 0 bridgehead atoms.